The zero-order valence-corrected chi connectivity index (χ0v) is 14.1. The van der Waals surface area contributed by atoms with E-state index in [-0.39, 0.29) is 17.4 Å². The third-order valence-electron chi connectivity index (χ3n) is 4.48. The number of carbonyl (C=O) groups is 2. The molecule has 0 aliphatic carbocycles. The van der Waals surface area contributed by atoms with Crippen LogP contribution in [0.4, 0.5) is 0 Å². The molecule has 1 aromatic rings. The summed E-state index contributed by atoms with van der Waals surface area (Å²) >= 11 is 0. The van der Waals surface area contributed by atoms with Crippen LogP contribution in [0.25, 0.3) is 5.70 Å². The van der Waals surface area contributed by atoms with Crippen LogP contribution < -0.4 is 0 Å². The van der Waals surface area contributed by atoms with Gasteiger partial charge in [0.1, 0.15) is 0 Å². The molecule has 2 amide bonds. The van der Waals surface area contributed by atoms with Gasteiger partial charge in [-0.1, -0.05) is 18.2 Å². The summed E-state index contributed by atoms with van der Waals surface area (Å²) in [5.74, 6) is -0.00996. The smallest absolute Gasteiger partial charge is 0.259 e. The Balaban J connectivity index is 2.01. The molecule has 0 atom stereocenters. The van der Waals surface area contributed by atoms with E-state index < -0.39 is 0 Å². The largest absolute Gasteiger partial charge is 0.339 e. The Morgan fingerprint density at radius 3 is 2.26 bits per heavy atom. The number of nitrogens with zero attached hydrogens (tertiary/aromatic N) is 2. The van der Waals surface area contributed by atoms with Crippen molar-refractivity contribution in [3.8, 4) is 0 Å². The van der Waals surface area contributed by atoms with Gasteiger partial charge in [0.05, 0.1) is 5.70 Å². The number of likely N-dealkylation sites (tertiary alicyclic amines) is 1. The maximum atomic E-state index is 12.8. The Kier molecular flexibility index (Phi) is 4.00. The van der Waals surface area contributed by atoms with Crippen LogP contribution in [0, 0.1) is 0 Å². The highest BCUT2D eigenvalue weighted by molar-refractivity contribution is 6.12. The van der Waals surface area contributed by atoms with Gasteiger partial charge in [0.15, 0.2) is 0 Å². The minimum atomic E-state index is -0.371. The van der Waals surface area contributed by atoms with Crippen LogP contribution in [0.15, 0.2) is 30.3 Å². The molecule has 0 N–H and O–H groups in total. The average Bonchev–Trinajstić information content (AvgIpc) is 2.81. The SMILES string of the molecule is CC(C)(C)N1C(=O)c2ccccc2/C1=C\C(=O)N1CCCCC1. The highest BCUT2D eigenvalue weighted by atomic mass is 16.2. The summed E-state index contributed by atoms with van der Waals surface area (Å²) in [7, 11) is 0. The molecular weight excluding hydrogens is 288 g/mol. The van der Waals surface area contributed by atoms with Crippen molar-refractivity contribution < 1.29 is 9.59 Å². The Morgan fingerprint density at radius 1 is 1.04 bits per heavy atom. The molecule has 0 spiro atoms. The topological polar surface area (TPSA) is 40.6 Å². The van der Waals surface area contributed by atoms with E-state index in [2.05, 4.69) is 0 Å². The van der Waals surface area contributed by atoms with E-state index >= 15 is 0 Å². The fourth-order valence-electron chi connectivity index (χ4n) is 3.37. The predicted molar refractivity (Wildman–Crippen MR) is 90.8 cm³/mol. The molecule has 0 bridgehead atoms. The molecule has 1 aromatic carbocycles. The molecule has 23 heavy (non-hydrogen) atoms. The first kappa shape index (κ1) is 15.8. The fourth-order valence-corrected chi connectivity index (χ4v) is 3.37. The third kappa shape index (κ3) is 2.90. The summed E-state index contributed by atoms with van der Waals surface area (Å²) < 4.78 is 0. The van der Waals surface area contributed by atoms with E-state index in [0.29, 0.717) is 5.56 Å². The zero-order chi connectivity index (χ0) is 16.6. The van der Waals surface area contributed by atoms with E-state index in [4.69, 9.17) is 0 Å². The van der Waals surface area contributed by atoms with Crippen molar-refractivity contribution in [2.24, 2.45) is 0 Å². The maximum absolute atomic E-state index is 12.8. The summed E-state index contributed by atoms with van der Waals surface area (Å²) in [6, 6.07) is 7.54. The van der Waals surface area contributed by atoms with Gasteiger partial charge in [-0.05, 0) is 46.1 Å². The highest BCUT2D eigenvalue weighted by Crippen LogP contribution is 2.37. The first-order valence-electron chi connectivity index (χ1n) is 8.34. The molecule has 1 fully saturated rings. The number of benzene rings is 1. The van der Waals surface area contributed by atoms with Crippen LogP contribution in [0.5, 0.6) is 0 Å². The molecule has 4 heteroatoms. The van der Waals surface area contributed by atoms with E-state index in [9.17, 15) is 9.59 Å². The normalized spacial score (nSPS) is 20.1. The lowest BCUT2D eigenvalue weighted by molar-refractivity contribution is -0.126. The number of hydrogen-bond donors (Lipinski definition) is 0. The lowest BCUT2D eigenvalue weighted by atomic mass is 10.0. The van der Waals surface area contributed by atoms with Crippen molar-refractivity contribution in [2.75, 3.05) is 13.1 Å². The van der Waals surface area contributed by atoms with Gasteiger partial charge in [-0.15, -0.1) is 0 Å². The standard InChI is InChI=1S/C19H24N2O2/c1-19(2,3)21-16(13-17(22)20-11-7-4-8-12-20)14-9-5-6-10-15(14)18(21)23/h5-6,9-10,13H,4,7-8,11-12H2,1-3H3/b16-13+. The second kappa shape index (κ2) is 5.84. The van der Waals surface area contributed by atoms with Crippen LogP contribution in [0.2, 0.25) is 0 Å². The van der Waals surface area contributed by atoms with E-state index in [0.717, 1.165) is 37.2 Å². The van der Waals surface area contributed by atoms with Gasteiger partial charge in [-0.2, -0.15) is 0 Å². The molecule has 122 valence electrons. The second-order valence-electron chi connectivity index (χ2n) is 7.27. The molecule has 2 aliphatic rings. The number of hydrogen-bond acceptors (Lipinski definition) is 2. The molecule has 0 radical (unpaired) electrons. The van der Waals surface area contributed by atoms with Gasteiger partial charge >= 0.3 is 0 Å². The van der Waals surface area contributed by atoms with Crippen molar-refractivity contribution >= 4 is 17.5 Å². The van der Waals surface area contributed by atoms with Crippen LogP contribution in [-0.2, 0) is 4.79 Å². The summed E-state index contributed by atoms with van der Waals surface area (Å²) in [5, 5.41) is 0. The maximum Gasteiger partial charge on any atom is 0.259 e. The Hall–Kier alpha value is -2.10. The number of rotatable bonds is 1. The van der Waals surface area contributed by atoms with Gasteiger partial charge < -0.3 is 9.80 Å². The summed E-state index contributed by atoms with van der Waals surface area (Å²) in [6.07, 6.45) is 4.97. The lowest BCUT2D eigenvalue weighted by Crippen LogP contribution is -2.41. The molecule has 2 aliphatic heterocycles. The molecule has 2 heterocycles. The summed E-state index contributed by atoms with van der Waals surface area (Å²) in [5.41, 5.74) is 1.90. The quantitative estimate of drug-likeness (QED) is 0.747. The molecule has 4 nitrogen and oxygen atoms in total. The van der Waals surface area contributed by atoms with E-state index in [1.807, 2.05) is 49.9 Å². The number of amides is 2. The highest BCUT2D eigenvalue weighted by Gasteiger charge is 2.39. The van der Waals surface area contributed by atoms with Crippen molar-refractivity contribution in [3.05, 3.63) is 41.5 Å². The first-order chi connectivity index (χ1) is 10.9. The van der Waals surface area contributed by atoms with Gasteiger partial charge in [0, 0.05) is 35.8 Å². The van der Waals surface area contributed by atoms with Crippen molar-refractivity contribution in [2.45, 2.75) is 45.6 Å². The number of fused-ring (bicyclic) bond motifs is 1. The number of piperidine rings is 1. The Morgan fingerprint density at radius 2 is 1.65 bits per heavy atom. The van der Waals surface area contributed by atoms with Crippen molar-refractivity contribution in [1.82, 2.24) is 9.80 Å². The lowest BCUT2D eigenvalue weighted by Gasteiger charge is -2.33. The fraction of sp³-hybridized carbons (Fsp3) is 0.474. The first-order valence-corrected chi connectivity index (χ1v) is 8.34. The van der Waals surface area contributed by atoms with Crippen LogP contribution in [-0.4, -0.2) is 40.2 Å². The third-order valence-corrected chi connectivity index (χ3v) is 4.48. The minimum absolute atomic E-state index is 0.0125. The van der Waals surface area contributed by atoms with Crippen molar-refractivity contribution in [1.29, 1.82) is 0 Å². The molecular formula is C19H24N2O2. The Bertz CT molecular complexity index is 664. The van der Waals surface area contributed by atoms with Crippen LogP contribution in [0.1, 0.15) is 56.0 Å². The average molecular weight is 312 g/mol. The van der Waals surface area contributed by atoms with Gasteiger partial charge in [0.25, 0.3) is 5.91 Å². The predicted octanol–water partition coefficient (Wildman–Crippen LogP) is 3.29. The summed E-state index contributed by atoms with van der Waals surface area (Å²) in [4.78, 5) is 29.1. The van der Waals surface area contributed by atoms with Gasteiger partial charge in [-0.3, -0.25) is 9.59 Å². The van der Waals surface area contributed by atoms with Gasteiger partial charge in [0.2, 0.25) is 5.91 Å². The minimum Gasteiger partial charge on any atom is -0.339 e. The Labute approximate surface area is 137 Å². The molecule has 0 saturated carbocycles. The van der Waals surface area contributed by atoms with Gasteiger partial charge in [-0.25, -0.2) is 0 Å². The number of carbonyl (C=O) groups excluding carboxylic acids is 2. The van der Waals surface area contributed by atoms with E-state index in [1.165, 1.54) is 6.42 Å². The second-order valence-corrected chi connectivity index (χ2v) is 7.27. The molecule has 3 rings (SSSR count). The zero-order valence-electron chi connectivity index (χ0n) is 14.1. The van der Waals surface area contributed by atoms with Crippen LogP contribution >= 0.6 is 0 Å². The molecule has 1 saturated heterocycles. The molecule has 0 unspecified atom stereocenters. The van der Waals surface area contributed by atoms with E-state index in [1.54, 1.807) is 11.0 Å². The van der Waals surface area contributed by atoms with Crippen LogP contribution in [0.3, 0.4) is 0 Å². The van der Waals surface area contributed by atoms with Crippen molar-refractivity contribution in [3.63, 3.8) is 0 Å². The summed E-state index contributed by atoms with van der Waals surface area (Å²) in [6.45, 7) is 7.61. The monoisotopic (exact) mass is 312 g/mol. The molecule has 0 aromatic heterocycles.